The lowest BCUT2D eigenvalue weighted by Gasteiger charge is -2.25. The second kappa shape index (κ2) is 8.94. The van der Waals surface area contributed by atoms with Crippen molar-refractivity contribution in [3.8, 4) is 0 Å². The second-order valence-electron chi connectivity index (χ2n) is 5.92. The molecule has 134 valence electrons. The van der Waals surface area contributed by atoms with Crippen LogP contribution < -0.4 is 5.32 Å². The number of ether oxygens (including phenoxy) is 1. The number of methoxy groups -OCH3 is 1. The van der Waals surface area contributed by atoms with Crippen LogP contribution in [0.1, 0.15) is 22.7 Å². The third kappa shape index (κ3) is 4.78. The van der Waals surface area contributed by atoms with Crippen molar-refractivity contribution < 1.29 is 13.9 Å². The Bertz CT molecular complexity index is 717. The lowest BCUT2D eigenvalue weighted by atomic mass is 10.0. The number of hydrogen-bond acceptors (Lipinski definition) is 3. The Labute approximate surface area is 152 Å². The van der Waals surface area contributed by atoms with Gasteiger partial charge >= 0.3 is 0 Å². The van der Waals surface area contributed by atoms with E-state index in [0.29, 0.717) is 13.2 Å². The third-order valence-corrected chi connectivity index (χ3v) is 4.24. The molecule has 0 heterocycles. The molecule has 0 bridgehead atoms. The summed E-state index contributed by atoms with van der Waals surface area (Å²) in [6, 6.07) is 11.3. The minimum atomic E-state index is -0.816. The Morgan fingerprint density at radius 3 is 2.48 bits per heavy atom. The summed E-state index contributed by atoms with van der Waals surface area (Å²) in [5.74, 6) is -0.814. The van der Waals surface area contributed by atoms with Crippen LogP contribution in [0.2, 0.25) is 5.02 Å². The zero-order chi connectivity index (χ0) is 18.4. The van der Waals surface area contributed by atoms with Crippen LogP contribution in [0.15, 0.2) is 42.5 Å². The SMILES string of the molecule is COCc1ccccc1CNC(=O)[C@@H](c1c(F)cccc1Cl)N(C)C. The van der Waals surface area contributed by atoms with Crippen LogP contribution in [0.4, 0.5) is 4.39 Å². The molecule has 2 rings (SSSR count). The van der Waals surface area contributed by atoms with Crippen LogP contribution in [0.3, 0.4) is 0 Å². The van der Waals surface area contributed by atoms with Crippen molar-refractivity contribution in [1.29, 1.82) is 0 Å². The van der Waals surface area contributed by atoms with E-state index in [4.69, 9.17) is 16.3 Å². The van der Waals surface area contributed by atoms with Crippen LogP contribution in [-0.4, -0.2) is 32.0 Å². The Hall–Kier alpha value is -1.95. The molecule has 0 spiro atoms. The highest BCUT2D eigenvalue weighted by Crippen LogP contribution is 2.29. The number of rotatable bonds is 7. The first-order valence-electron chi connectivity index (χ1n) is 7.89. The van der Waals surface area contributed by atoms with Crippen molar-refractivity contribution in [3.63, 3.8) is 0 Å². The monoisotopic (exact) mass is 364 g/mol. The van der Waals surface area contributed by atoms with Crippen molar-refractivity contribution in [2.24, 2.45) is 0 Å². The molecule has 0 aromatic heterocycles. The van der Waals surface area contributed by atoms with Gasteiger partial charge in [-0.25, -0.2) is 4.39 Å². The quantitative estimate of drug-likeness (QED) is 0.817. The summed E-state index contributed by atoms with van der Waals surface area (Å²) < 4.78 is 19.4. The number of benzene rings is 2. The van der Waals surface area contributed by atoms with Crippen LogP contribution >= 0.6 is 11.6 Å². The van der Waals surface area contributed by atoms with Crippen molar-refractivity contribution in [2.45, 2.75) is 19.2 Å². The van der Waals surface area contributed by atoms with E-state index in [-0.39, 0.29) is 16.5 Å². The van der Waals surface area contributed by atoms with Gasteiger partial charge in [-0.2, -0.15) is 0 Å². The third-order valence-electron chi connectivity index (χ3n) is 3.91. The molecule has 2 aromatic rings. The van der Waals surface area contributed by atoms with E-state index < -0.39 is 11.9 Å². The Morgan fingerprint density at radius 1 is 1.20 bits per heavy atom. The van der Waals surface area contributed by atoms with Gasteiger partial charge in [0.15, 0.2) is 0 Å². The summed E-state index contributed by atoms with van der Waals surface area (Å²) >= 11 is 6.13. The number of carbonyl (C=O) groups excluding carboxylic acids is 1. The van der Waals surface area contributed by atoms with Crippen molar-refractivity contribution in [2.75, 3.05) is 21.2 Å². The van der Waals surface area contributed by atoms with Crippen LogP contribution in [0.5, 0.6) is 0 Å². The molecule has 1 atom stereocenters. The first-order chi connectivity index (χ1) is 12.0. The summed E-state index contributed by atoms with van der Waals surface area (Å²) in [4.78, 5) is 14.4. The maximum absolute atomic E-state index is 14.2. The number of nitrogens with one attached hydrogen (secondary N) is 1. The lowest BCUT2D eigenvalue weighted by molar-refractivity contribution is -0.126. The molecule has 0 aliphatic heterocycles. The van der Waals surface area contributed by atoms with Gasteiger partial charge in [0.2, 0.25) is 5.91 Å². The van der Waals surface area contributed by atoms with Gasteiger partial charge in [-0.1, -0.05) is 41.9 Å². The smallest absolute Gasteiger partial charge is 0.242 e. The average Bonchev–Trinajstić information content (AvgIpc) is 2.57. The van der Waals surface area contributed by atoms with Crippen LogP contribution in [0.25, 0.3) is 0 Å². The summed E-state index contributed by atoms with van der Waals surface area (Å²) in [5.41, 5.74) is 2.13. The number of hydrogen-bond donors (Lipinski definition) is 1. The highest BCUT2D eigenvalue weighted by Gasteiger charge is 2.28. The van der Waals surface area contributed by atoms with E-state index in [9.17, 15) is 9.18 Å². The first-order valence-corrected chi connectivity index (χ1v) is 8.27. The molecule has 0 saturated carbocycles. The predicted octanol–water partition coefficient (Wildman–Crippen LogP) is 3.54. The fourth-order valence-electron chi connectivity index (χ4n) is 2.70. The van der Waals surface area contributed by atoms with Gasteiger partial charge < -0.3 is 10.1 Å². The van der Waals surface area contributed by atoms with E-state index in [1.54, 1.807) is 32.2 Å². The van der Waals surface area contributed by atoms with Gasteiger partial charge in [0.25, 0.3) is 0 Å². The van der Waals surface area contributed by atoms with E-state index in [1.165, 1.54) is 12.1 Å². The molecular formula is C19H22ClFN2O2. The van der Waals surface area contributed by atoms with Gasteiger partial charge in [0.1, 0.15) is 11.9 Å². The van der Waals surface area contributed by atoms with E-state index in [2.05, 4.69) is 5.32 Å². The maximum atomic E-state index is 14.2. The molecule has 0 radical (unpaired) electrons. The van der Waals surface area contributed by atoms with Crippen molar-refractivity contribution >= 4 is 17.5 Å². The Morgan fingerprint density at radius 2 is 1.88 bits per heavy atom. The zero-order valence-electron chi connectivity index (χ0n) is 14.6. The molecule has 0 fully saturated rings. The van der Waals surface area contributed by atoms with Gasteiger partial charge in [0, 0.05) is 24.2 Å². The molecule has 0 saturated heterocycles. The molecule has 0 aliphatic carbocycles. The molecule has 0 unspecified atom stereocenters. The zero-order valence-corrected chi connectivity index (χ0v) is 15.3. The lowest BCUT2D eigenvalue weighted by Crippen LogP contribution is -2.37. The standard InChI is InChI=1S/C19H22ClFN2O2/c1-23(2)18(17-15(20)9-6-10-16(17)21)19(24)22-11-13-7-4-5-8-14(13)12-25-3/h4-10,18H,11-12H2,1-3H3,(H,22,24)/t18-/m1/s1. The number of amides is 1. The number of likely N-dealkylation sites (N-methyl/N-ethyl adjacent to an activating group) is 1. The minimum Gasteiger partial charge on any atom is -0.380 e. The summed E-state index contributed by atoms with van der Waals surface area (Å²) in [7, 11) is 5.05. The highest BCUT2D eigenvalue weighted by atomic mass is 35.5. The number of halogens is 2. The second-order valence-corrected chi connectivity index (χ2v) is 6.33. The average molecular weight is 365 g/mol. The summed E-state index contributed by atoms with van der Waals surface area (Å²) in [6.07, 6.45) is 0. The Kier molecular flexibility index (Phi) is 6.93. The molecule has 2 aromatic carbocycles. The van der Waals surface area contributed by atoms with E-state index >= 15 is 0 Å². The van der Waals surface area contributed by atoms with Crippen molar-refractivity contribution in [1.82, 2.24) is 10.2 Å². The van der Waals surface area contributed by atoms with Gasteiger partial charge in [-0.3, -0.25) is 9.69 Å². The fraction of sp³-hybridized carbons (Fsp3) is 0.316. The molecule has 4 nitrogen and oxygen atoms in total. The summed E-state index contributed by atoms with van der Waals surface area (Å²) in [5, 5.41) is 3.10. The number of nitrogens with zero attached hydrogens (tertiary/aromatic N) is 1. The first kappa shape index (κ1) is 19.4. The van der Waals surface area contributed by atoms with Gasteiger partial charge in [-0.05, 0) is 37.4 Å². The van der Waals surface area contributed by atoms with Crippen LogP contribution in [-0.2, 0) is 22.7 Å². The topological polar surface area (TPSA) is 41.6 Å². The fourth-order valence-corrected chi connectivity index (χ4v) is 2.97. The highest BCUT2D eigenvalue weighted by molar-refractivity contribution is 6.31. The van der Waals surface area contributed by atoms with Crippen LogP contribution in [0, 0.1) is 5.82 Å². The molecule has 25 heavy (non-hydrogen) atoms. The van der Waals surface area contributed by atoms with Gasteiger partial charge in [-0.15, -0.1) is 0 Å². The number of carbonyl (C=O) groups is 1. The Balaban J connectivity index is 2.20. The maximum Gasteiger partial charge on any atom is 0.242 e. The molecule has 0 aliphatic rings. The normalized spacial score (nSPS) is 12.2. The van der Waals surface area contributed by atoms with Crippen molar-refractivity contribution in [3.05, 3.63) is 70.0 Å². The molecule has 1 N–H and O–H groups in total. The van der Waals surface area contributed by atoms with Gasteiger partial charge in [0.05, 0.1) is 6.61 Å². The molecular weight excluding hydrogens is 343 g/mol. The minimum absolute atomic E-state index is 0.178. The largest absolute Gasteiger partial charge is 0.380 e. The molecule has 1 amide bonds. The predicted molar refractivity (Wildman–Crippen MR) is 96.8 cm³/mol. The summed E-state index contributed by atoms with van der Waals surface area (Å²) in [6.45, 7) is 0.789. The van der Waals surface area contributed by atoms with E-state index in [0.717, 1.165) is 11.1 Å². The van der Waals surface area contributed by atoms with E-state index in [1.807, 2.05) is 24.3 Å². The molecule has 6 heteroatoms.